The van der Waals surface area contributed by atoms with Gasteiger partial charge in [0.15, 0.2) is 11.5 Å². The molecule has 0 atom stereocenters. The summed E-state index contributed by atoms with van der Waals surface area (Å²) in [5.41, 5.74) is 2.06. The molecule has 146 valence electrons. The molecule has 0 bridgehead atoms. The van der Waals surface area contributed by atoms with Crippen LogP contribution in [0, 0.1) is 0 Å². The van der Waals surface area contributed by atoms with E-state index in [4.69, 9.17) is 0 Å². The molecule has 0 spiro atoms. The Hall–Kier alpha value is -2.71. The van der Waals surface area contributed by atoms with Gasteiger partial charge in [-0.1, -0.05) is 30.8 Å². The van der Waals surface area contributed by atoms with E-state index in [0.29, 0.717) is 23.1 Å². The highest BCUT2D eigenvalue weighted by molar-refractivity contribution is 6.11. The van der Waals surface area contributed by atoms with Gasteiger partial charge in [0, 0.05) is 17.8 Å². The molecular formula is C19H20BF3N4O. The van der Waals surface area contributed by atoms with Gasteiger partial charge in [-0.05, 0) is 37.1 Å². The summed E-state index contributed by atoms with van der Waals surface area (Å²) in [6.45, 7) is 0. The zero-order valence-electron chi connectivity index (χ0n) is 15.4. The average Bonchev–Trinajstić information content (AvgIpc) is 3.06. The fourth-order valence-electron chi connectivity index (χ4n) is 3.65. The second kappa shape index (κ2) is 7.37. The highest BCUT2D eigenvalue weighted by Crippen LogP contribution is 2.30. The molecule has 1 aromatic carbocycles. The SMILES string of the molecule is B[C@H]1CC[C@@H](Nc2ccc3nnc(-c4cccc(OC(F)(F)F)c4)n3c2)CC1. The summed E-state index contributed by atoms with van der Waals surface area (Å²) in [6, 6.07) is 9.99. The lowest BCUT2D eigenvalue weighted by atomic mass is 9.74. The van der Waals surface area contributed by atoms with Crippen molar-refractivity contribution in [3.8, 4) is 17.1 Å². The molecule has 5 nitrogen and oxygen atoms in total. The number of anilines is 1. The molecule has 9 heteroatoms. The first-order valence-electron chi connectivity index (χ1n) is 9.35. The van der Waals surface area contributed by atoms with Crippen molar-refractivity contribution in [3.63, 3.8) is 0 Å². The fourth-order valence-corrected chi connectivity index (χ4v) is 3.65. The van der Waals surface area contributed by atoms with Gasteiger partial charge in [-0.2, -0.15) is 0 Å². The van der Waals surface area contributed by atoms with Crippen LogP contribution in [0.5, 0.6) is 5.75 Å². The number of alkyl halides is 3. The normalized spacial score (nSPS) is 20.2. The van der Waals surface area contributed by atoms with Crippen LogP contribution in [0.3, 0.4) is 0 Å². The van der Waals surface area contributed by atoms with E-state index >= 15 is 0 Å². The average molecular weight is 388 g/mol. The molecule has 0 radical (unpaired) electrons. The summed E-state index contributed by atoms with van der Waals surface area (Å²) in [4.78, 5) is 0. The van der Waals surface area contributed by atoms with Crippen LogP contribution in [-0.4, -0.2) is 34.8 Å². The van der Waals surface area contributed by atoms with Gasteiger partial charge in [-0.25, -0.2) is 0 Å². The van der Waals surface area contributed by atoms with Crippen molar-refractivity contribution in [1.29, 1.82) is 0 Å². The van der Waals surface area contributed by atoms with Gasteiger partial charge >= 0.3 is 6.36 Å². The van der Waals surface area contributed by atoms with Crippen molar-refractivity contribution in [1.82, 2.24) is 14.6 Å². The molecule has 2 aromatic heterocycles. The Morgan fingerprint density at radius 1 is 1.07 bits per heavy atom. The molecule has 4 rings (SSSR count). The number of rotatable bonds is 4. The van der Waals surface area contributed by atoms with E-state index in [0.717, 1.165) is 24.3 Å². The molecule has 1 saturated carbocycles. The van der Waals surface area contributed by atoms with E-state index in [9.17, 15) is 13.2 Å². The number of ether oxygens (including phenoxy) is 1. The van der Waals surface area contributed by atoms with Gasteiger partial charge in [0.25, 0.3) is 0 Å². The van der Waals surface area contributed by atoms with Crippen LogP contribution >= 0.6 is 0 Å². The molecule has 0 unspecified atom stereocenters. The summed E-state index contributed by atoms with van der Waals surface area (Å²) >= 11 is 0. The number of halogens is 3. The lowest BCUT2D eigenvalue weighted by molar-refractivity contribution is -0.274. The van der Waals surface area contributed by atoms with E-state index in [1.165, 1.54) is 31.0 Å². The van der Waals surface area contributed by atoms with Crippen molar-refractivity contribution in [2.45, 2.75) is 43.9 Å². The van der Waals surface area contributed by atoms with Crippen molar-refractivity contribution < 1.29 is 17.9 Å². The zero-order chi connectivity index (χ0) is 19.7. The number of pyridine rings is 1. The summed E-state index contributed by atoms with van der Waals surface area (Å²) in [5, 5.41) is 11.8. The molecule has 3 aromatic rings. The van der Waals surface area contributed by atoms with Crippen LogP contribution in [0.2, 0.25) is 5.82 Å². The first-order valence-corrected chi connectivity index (χ1v) is 9.35. The van der Waals surface area contributed by atoms with Gasteiger partial charge in [-0.3, -0.25) is 4.40 Å². The largest absolute Gasteiger partial charge is 0.573 e. The van der Waals surface area contributed by atoms with Crippen LogP contribution in [0.1, 0.15) is 25.7 Å². The van der Waals surface area contributed by atoms with Crippen molar-refractivity contribution in [2.24, 2.45) is 0 Å². The Balaban J connectivity index is 1.61. The standard InChI is InChI=1S/C19H20BF3N4O/c20-13-4-6-14(7-5-13)24-15-8-9-17-25-26-18(27(17)11-15)12-2-1-3-16(10-12)28-19(21,22)23/h1-3,8-11,13-14,24H,4-7,20H2/t13-,14+. The molecule has 1 N–H and O–H groups in total. The number of nitrogens with one attached hydrogen (secondary N) is 1. The maximum Gasteiger partial charge on any atom is 0.573 e. The summed E-state index contributed by atoms with van der Waals surface area (Å²) < 4.78 is 43.3. The van der Waals surface area contributed by atoms with Crippen LogP contribution in [-0.2, 0) is 0 Å². The minimum absolute atomic E-state index is 0.285. The third kappa shape index (κ3) is 4.23. The number of hydrogen-bond acceptors (Lipinski definition) is 4. The summed E-state index contributed by atoms with van der Waals surface area (Å²) in [6.07, 6.45) is 1.84. The molecule has 0 aliphatic heterocycles. The highest BCUT2D eigenvalue weighted by atomic mass is 19.4. The van der Waals surface area contributed by atoms with Gasteiger partial charge < -0.3 is 10.1 Å². The predicted molar refractivity (Wildman–Crippen MR) is 103 cm³/mol. The first kappa shape index (κ1) is 18.6. The van der Waals surface area contributed by atoms with Crippen LogP contribution in [0.4, 0.5) is 18.9 Å². The second-order valence-corrected chi connectivity index (χ2v) is 7.35. The van der Waals surface area contributed by atoms with Crippen molar-refractivity contribution >= 4 is 19.2 Å². The van der Waals surface area contributed by atoms with E-state index in [2.05, 4.69) is 28.1 Å². The lowest BCUT2D eigenvalue weighted by Crippen LogP contribution is -2.24. The molecule has 28 heavy (non-hydrogen) atoms. The first-order chi connectivity index (χ1) is 13.4. The van der Waals surface area contributed by atoms with Crippen molar-refractivity contribution in [3.05, 3.63) is 42.6 Å². The smallest absolute Gasteiger partial charge is 0.406 e. The minimum atomic E-state index is -4.74. The highest BCUT2D eigenvalue weighted by Gasteiger charge is 2.31. The van der Waals surface area contributed by atoms with Crippen molar-refractivity contribution in [2.75, 3.05) is 5.32 Å². The zero-order valence-corrected chi connectivity index (χ0v) is 15.4. The van der Waals surface area contributed by atoms with Crippen LogP contribution in [0.25, 0.3) is 17.0 Å². The second-order valence-electron chi connectivity index (χ2n) is 7.35. The van der Waals surface area contributed by atoms with Crippen LogP contribution < -0.4 is 10.1 Å². The fraction of sp³-hybridized carbons (Fsp3) is 0.368. The predicted octanol–water partition coefficient (Wildman–Crippen LogP) is 4.07. The summed E-state index contributed by atoms with van der Waals surface area (Å²) in [7, 11) is 2.28. The quantitative estimate of drug-likeness (QED) is 0.685. The molecule has 1 aliphatic carbocycles. The Morgan fingerprint density at radius 2 is 1.86 bits per heavy atom. The van der Waals surface area contributed by atoms with E-state index in [-0.39, 0.29) is 5.75 Å². The van der Waals surface area contributed by atoms with E-state index < -0.39 is 6.36 Å². The van der Waals surface area contributed by atoms with Gasteiger partial charge in [0.05, 0.1) is 5.69 Å². The molecule has 1 aliphatic rings. The Bertz CT molecular complexity index is 967. The molecule has 1 fully saturated rings. The minimum Gasteiger partial charge on any atom is -0.406 e. The Kier molecular flexibility index (Phi) is 4.91. The lowest BCUT2D eigenvalue weighted by Gasteiger charge is -2.27. The van der Waals surface area contributed by atoms with E-state index in [1.807, 2.05) is 18.3 Å². The molecular weight excluding hydrogens is 368 g/mol. The molecule has 0 saturated heterocycles. The van der Waals surface area contributed by atoms with Gasteiger partial charge in [0.2, 0.25) is 0 Å². The third-order valence-electron chi connectivity index (χ3n) is 5.11. The maximum atomic E-state index is 12.5. The van der Waals surface area contributed by atoms with Gasteiger partial charge in [-0.15, -0.1) is 23.4 Å². The maximum absolute atomic E-state index is 12.5. The monoisotopic (exact) mass is 388 g/mol. The number of aromatic nitrogens is 3. The van der Waals surface area contributed by atoms with Crippen LogP contribution in [0.15, 0.2) is 42.6 Å². The molecule has 2 heterocycles. The number of hydrogen-bond donors (Lipinski definition) is 1. The van der Waals surface area contributed by atoms with E-state index in [1.54, 1.807) is 10.5 Å². The topological polar surface area (TPSA) is 51.5 Å². The Morgan fingerprint density at radius 3 is 2.61 bits per heavy atom. The summed E-state index contributed by atoms with van der Waals surface area (Å²) in [5.74, 6) is 0.951. The molecule has 0 amide bonds. The number of fused-ring (bicyclic) bond motifs is 1. The number of nitrogens with zero attached hydrogens (tertiary/aromatic N) is 3. The number of benzene rings is 1. The van der Waals surface area contributed by atoms with Gasteiger partial charge in [0.1, 0.15) is 13.6 Å². The Labute approximate surface area is 161 Å². The third-order valence-corrected chi connectivity index (χ3v) is 5.11.